The van der Waals surface area contributed by atoms with Gasteiger partial charge in [0.05, 0.1) is 22.2 Å². The molecule has 4 aromatic rings. The Bertz CT molecular complexity index is 1080. The minimum atomic E-state index is -0.320. The lowest BCUT2D eigenvalue weighted by atomic mass is 10.1. The van der Waals surface area contributed by atoms with E-state index in [0.29, 0.717) is 10.9 Å². The number of nitrogens with zero attached hydrogens (tertiary/aromatic N) is 3. The Morgan fingerprint density at radius 2 is 2.08 bits per heavy atom. The van der Waals surface area contributed by atoms with E-state index < -0.39 is 0 Å². The van der Waals surface area contributed by atoms with Crippen molar-refractivity contribution in [3.05, 3.63) is 59.2 Å². The highest BCUT2D eigenvalue weighted by molar-refractivity contribution is 7.20. The zero-order valence-corrected chi connectivity index (χ0v) is 14.8. The van der Waals surface area contributed by atoms with Crippen LogP contribution in [0.25, 0.3) is 15.3 Å². The van der Waals surface area contributed by atoms with Crippen LogP contribution in [0.1, 0.15) is 27.4 Å². The number of anilines is 1. The maximum absolute atomic E-state index is 12.3. The Hall–Kier alpha value is -2.93. The van der Waals surface area contributed by atoms with Crippen molar-refractivity contribution in [1.82, 2.24) is 14.8 Å². The lowest BCUT2D eigenvalue weighted by Gasteiger charge is -2.04. The van der Waals surface area contributed by atoms with Crippen molar-refractivity contribution in [2.75, 3.05) is 5.32 Å². The summed E-state index contributed by atoms with van der Waals surface area (Å²) in [6, 6.07) is 9.33. The third-order valence-electron chi connectivity index (χ3n) is 3.82. The molecule has 6 nitrogen and oxygen atoms in total. The number of benzene rings is 1. The summed E-state index contributed by atoms with van der Waals surface area (Å²) in [5.74, 6) is 0.493. The van der Waals surface area contributed by atoms with Crippen molar-refractivity contribution in [3.63, 3.8) is 0 Å². The molecule has 1 amide bonds. The summed E-state index contributed by atoms with van der Waals surface area (Å²) < 4.78 is 7.91. The second-order valence-corrected chi connectivity index (χ2v) is 6.95. The predicted molar refractivity (Wildman–Crippen MR) is 97.6 cm³/mol. The summed E-state index contributed by atoms with van der Waals surface area (Å²) in [7, 11) is 0. The number of aryl methyl sites for hydroxylation is 3. The van der Waals surface area contributed by atoms with Crippen LogP contribution in [0.5, 0.6) is 0 Å². The summed E-state index contributed by atoms with van der Waals surface area (Å²) in [5, 5.41) is 8.03. The fourth-order valence-corrected chi connectivity index (χ4v) is 3.88. The summed E-state index contributed by atoms with van der Waals surface area (Å²) >= 11 is 1.55. The molecular formula is C18H16N4O2S. The maximum Gasteiger partial charge on any atom is 0.292 e. The minimum absolute atomic E-state index is 0.251. The number of nitrogens with one attached hydrogen (secondary N) is 1. The quantitative estimate of drug-likeness (QED) is 0.598. The van der Waals surface area contributed by atoms with Crippen LogP contribution in [-0.2, 0) is 0 Å². The molecule has 126 valence electrons. The predicted octanol–water partition coefficient (Wildman–Crippen LogP) is 4.25. The molecule has 0 aliphatic carbocycles. The first-order chi connectivity index (χ1) is 12.0. The van der Waals surface area contributed by atoms with Gasteiger partial charge in [0, 0.05) is 6.07 Å². The Labute approximate surface area is 148 Å². The Kier molecular flexibility index (Phi) is 3.65. The highest BCUT2D eigenvalue weighted by Crippen LogP contribution is 2.30. The fraction of sp³-hybridized carbons (Fsp3) is 0.167. The van der Waals surface area contributed by atoms with Gasteiger partial charge in [0.15, 0.2) is 5.76 Å². The van der Waals surface area contributed by atoms with Crippen molar-refractivity contribution in [1.29, 1.82) is 0 Å². The Morgan fingerprint density at radius 3 is 2.84 bits per heavy atom. The zero-order chi connectivity index (χ0) is 17.6. The number of rotatable bonds is 3. The molecule has 0 bridgehead atoms. The first-order valence-corrected chi connectivity index (χ1v) is 8.62. The van der Waals surface area contributed by atoms with Gasteiger partial charge in [0.1, 0.15) is 5.82 Å². The van der Waals surface area contributed by atoms with Crippen LogP contribution in [-0.4, -0.2) is 20.7 Å². The summed E-state index contributed by atoms with van der Waals surface area (Å²) in [6.45, 7) is 5.99. The van der Waals surface area contributed by atoms with Crippen LogP contribution in [0.15, 0.2) is 41.0 Å². The third-order valence-corrected chi connectivity index (χ3v) is 4.80. The Balaban J connectivity index is 1.76. The molecule has 0 saturated heterocycles. The summed E-state index contributed by atoms with van der Waals surface area (Å²) in [5.41, 5.74) is 4.08. The zero-order valence-electron chi connectivity index (χ0n) is 14.0. The topological polar surface area (TPSA) is 73.0 Å². The largest absolute Gasteiger partial charge is 0.459 e. The van der Waals surface area contributed by atoms with Gasteiger partial charge in [-0.25, -0.2) is 4.98 Å². The average Bonchev–Trinajstić information content (AvgIpc) is 3.26. The molecule has 25 heavy (non-hydrogen) atoms. The van der Waals surface area contributed by atoms with Gasteiger partial charge < -0.3 is 9.73 Å². The van der Waals surface area contributed by atoms with Gasteiger partial charge in [-0.3, -0.25) is 4.79 Å². The molecule has 0 radical (unpaired) electrons. The van der Waals surface area contributed by atoms with Crippen LogP contribution in [0, 0.1) is 20.8 Å². The van der Waals surface area contributed by atoms with E-state index in [0.717, 1.165) is 21.5 Å². The number of hydrogen-bond donors (Lipinski definition) is 1. The number of aromatic nitrogens is 3. The fourth-order valence-electron chi connectivity index (χ4n) is 2.77. The van der Waals surface area contributed by atoms with Crippen molar-refractivity contribution in [2.24, 2.45) is 0 Å². The molecular weight excluding hydrogens is 336 g/mol. The molecule has 0 atom stereocenters. The van der Waals surface area contributed by atoms with Crippen molar-refractivity contribution >= 4 is 33.3 Å². The van der Waals surface area contributed by atoms with Gasteiger partial charge in [-0.15, -0.1) is 0 Å². The van der Waals surface area contributed by atoms with E-state index in [-0.39, 0.29) is 11.7 Å². The maximum atomic E-state index is 12.3. The second-order valence-electron chi connectivity index (χ2n) is 5.94. The summed E-state index contributed by atoms with van der Waals surface area (Å²) in [4.78, 5) is 17.0. The van der Waals surface area contributed by atoms with Gasteiger partial charge in [0.25, 0.3) is 5.91 Å². The van der Waals surface area contributed by atoms with Crippen LogP contribution < -0.4 is 5.32 Å². The van der Waals surface area contributed by atoms with Crippen molar-refractivity contribution < 1.29 is 9.21 Å². The molecule has 0 saturated carbocycles. The molecule has 7 heteroatoms. The van der Waals surface area contributed by atoms with E-state index in [1.165, 1.54) is 11.8 Å². The van der Waals surface area contributed by atoms with Gasteiger partial charge >= 0.3 is 0 Å². The summed E-state index contributed by atoms with van der Waals surface area (Å²) in [6.07, 6.45) is 1.47. The number of carbonyl (C=O) groups excluding carboxylic acids is 1. The molecule has 3 heterocycles. The molecule has 0 spiro atoms. The normalized spacial score (nSPS) is 11.2. The Morgan fingerprint density at radius 1 is 1.24 bits per heavy atom. The average molecular weight is 352 g/mol. The van der Waals surface area contributed by atoms with E-state index in [4.69, 9.17) is 9.40 Å². The number of hydrogen-bond acceptors (Lipinski definition) is 5. The van der Waals surface area contributed by atoms with Gasteiger partial charge in [-0.05, 0) is 50.1 Å². The number of amides is 1. The number of furan rings is 1. The van der Waals surface area contributed by atoms with Crippen LogP contribution in [0.3, 0.4) is 0 Å². The molecule has 3 aromatic heterocycles. The van der Waals surface area contributed by atoms with Crippen LogP contribution >= 0.6 is 11.3 Å². The highest BCUT2D eigenvalue weighted by Gasteiger charge is 2.17. The number of thiazole rings is 1. The smallest absolute Gasteiger partial charge is 0.292 e. The second kappa shape index (κ2) is 5.86. The van der Waals surface area contributed by atoms with E-state index in [1.54, 1.807) is 28.2 Å². The first kappa shape index (κ1) is 15.6. The van der Waals surface area contributed by atoms with E-state index in [1.807, 2.05) is 19.9 Å². The monoisotopic (exact) mass is 352 g/mol. The molecule has 0 aliphatic heterocycles. The molecule has 1 N–H and O–H groups in total. The lowest BCUT2D eigenvalue weighted by Crippen LogP contribution is -2.14. The van der Waals surface area contributed by atoms with Crippen molar-refractivity contribution in [2.45, 2.75) is 20.8 Å². The van der Waals surface area contributed by atoms with E-state index in [9.17, 15) is 4.79 Å². The molecule has 4 rings (SSSR count). The molecule has 1 aromatic carbocycles. The highest BCUT2D eigenvalue weighted by atomic mass is 32.1. The molecule has 0 unspecified atom stereocenters. The van der Waals surface area contributed by atoms with Crippen molar-refractivity contribution in [3.8, 4) is 5.13 Å². The number of carbonyl (C=O) groups is 1. The minimum Gasteiger partial charge on any atom is -0.459 e. The lowest BCUT2D eigenvalue weighted by molar-refractivity contribution is 0.0996. The third kappa shape index (κ3) is 2.83. The van der Waals surface area contributed by atoms with Crippen LogP contribution in [0.2, 0.25) is 0 Å². The van der Waals surface area contributed by atoms with E-state index in [2.05, 4.69) is 29.5 Å². The first-order valence-electron chi connectivity index (χ1n) is 7.81. The van der Waals surface area contributed by atoms with Gasteiger partial charge in [-0.1, -0.05) is 17.4 Å². The number of fused-ring (bicyclic) bond motifs is 1. The van der Waals surface area contributed by atoms with E-state index >= 15 is 0 Å². The van der Waals surface area contributed by atoms with Gasteiger partial charge in [0.2, 0.25) is 5.13 Å². The SMILES string of the molecule is Cc1cc(C)c2nc(-n3nc(C)cc3NC(=O)c3ccco3)sc2c1. The van der Waals surface area contributed by atoms with Crippen LogP contribution in [0.4, 0.5) is 5.82 Å². The molecule has 0 fully saturated rings. The van der Waals surface area contributed by atoms with Gasteiger partial charge in [-0.2, -0.15) is 9.78 Å². The standard InChI is InChI=1S/C18H16N4O2S/c1-10-7-11(2)16-14(8-10)25-18(20-16)22-15(9-12(3)21-22)19-17(23)13-5-4-6-24-13/h4-9H,1-3H3,(H,19,23). The molecule has 0 aliphatic rings.